The van der Waals surface area contributed by atoms with Gasteiger partial charge in [-0.3, -0.25) is 4.57 Å². The van der Waals surface area contributed by atoms with Gasteiger partial charge in [0, 0.05) is 12.7 Å². The molecule has 0 bridgehead atoms. The van der Waals surface area contributed by atoms with Crippen LogP contribution in [0.3, 0.4) is 0 Å². The van der Waals surface area contributed by atoms with Gasteiger partial charge in [0.1, 0.15) is 0 Å². The van der Waals surface area contributed by atoms with Crippen LogP contribution in [0.2, 0.25) is 0 Å². The number of hydrogen-bond acceptors (Lipinski definition) is 4. The van der Waals surface area contributed by atoms with Crippen LogP contribution in [-0.2, 0) is 12.5 Å². The van der Waals surface area contributed by atoms with Crippen LogP contribution in [0.25, 0.3) is 0 Å². The summed E-state index contributed by atoms with van der Waals surface area (Å²) in [5, 5.41) is 13.9. The van der Waals surface area contributed by atoms with E-state index in [1.54, 1.807) is 11.6 Å². The number of anilines is 2. The molecule has 1 heterocycles. The molecule has 1 aromatic carbocycles. The second-order valence-corrected chi connectivity index (χ2v) is 5.74. The Labute approximate surface area is 117 Å². The fourth-order valence-corrected chi connectivity index (χ4v) is 1.89. The first-order valence-electron chi connectivity index (χ1n) is 6.32. The van der Waals surface area contributed by atoms with Crippen molar-refractivity contribution in [1.29, 1.82) is 0 Å². The molecule has 0 aliphatic heterocycles. The van der Waals surface area contributed by atoms with Crippen LogP contribution >= 0.6 is 0 Å². The minimum absolute atomic E-state index is 0.0804. The second kappa shape index (κ2) is 4.96. The predicted octanol–water partition coefficient (Wildman–Crippen LogP) is 3.37. The molecular weight excluding hydrogens is 256 g/mol. The van der Waals surface area contributed by atoms with Crippen molar-refractivity contribution in [2.75, 3.05) is 5.32 Å². The van der Waals surface area contributed by atoms with Gasteiger partial charge in [-0.15, -0.1) is 0 Å². The van der Waals surface area contributed by atoms with Crippen LogP contribution in [0.1, 0.15) is 26.3 Å². The molecule has 0 spiro atoms. The maximum atomic E-state index is 10.9. The Kier molecular flexibility index (Phi) is 3.48. The van der Waals surface area contributed by atoms with Crippen molar-refractivity contribution >= 4 is 17.3 Å². The Hall–Kier alpha value is -2.37. The molecule has 0 aliphatic rings. The molecule has 1 N–H and O–H groups in total. The van der Waals surface area contributed by atoms with Gasteiger partial charge in [0.2, 0.25) is 12.1 Å². The van der Waals surface area contributed by atoms with E-state index in [9.17, 15) is 10.1 Å². The van der Waals surface area contributed by atoms with E-state index in [2.05, 4.69) is 31.1 Å². The van der Waals surface area contributed by atoms with Gasteiger partial charge in [0.25, 0.3) is 0 Å². The van der Waals surface area contributed by atoms with Gasteiger partial charge >= 0.3 is 5.82 Å². The Balaban J connectivity index is 2.27. The van der Waals surface area contributed by atoms with Gasteiger partial charge < -0.3 is 15.4 Å². The van der Waals surface area contributed by atoms with Crippen LogP contribution in [0, 0.1) is 10.1 Å². The summed E-state index contributed by atoms with van der Waals surface area (Å²) in [5.41, 5.74) is 2.09. The molecular formula is C14H18N4O2. The van der Waals surface area contributed by atoms with E-state index < -0.39 is 4.92 Å². The molecule has 106 valence electrons. The van der Waals surface area contributed by atoms with E-state index in [0.29, 0.717) is 5.82 Å². The Bertz CT molecular complexity index is 624. The van der Waals surface area contributed by atoms with E-state index in [-0.39, 0.29) is 11.2 Å². The van der Waals surface area contributed by atoms with Crippen LogP contribution < -0.4 is 5.32 Å². The standard InChI is InChI=1S/C14H18N4O2/c1-14(2,3)10-5-7-11(8-6-10)16-13-12(18(19)20)15-9-17(13)4/h5-9,16H,1-4H3. The summed E-state index contributed by atoms with van der Waals surface area (Å²) in [7, 11) is 1.71. The summed E-state index contributed by atoms with van der Waals surface area (Å²) in [5.74, 6) is 0.200. The highest BCUT2D eigenvalue weighted by molar-refractivity contribution is 5.64. The van der Waals surface area contributed by atoms with Crippen molar-refractivity contribution in [3.8, 4) is 0 Å². The minimum Gasteiger partial charge on any atom is -0.358 e. The van der Waals surface area contributed by atoms with E-state index in [0.717, 1.165) is 5.69 Å². The van der Waals surface area contributed by atoms with E-state index in [1.807, 2.05) is 24.3 Å². The topological polar surface area (TPSA) is 73.0 Å². The zero-order valence-electron chi connectivity index (χ0n) is 12.0. The fraction of sp³-hybridized carbons (Fsp3) is 0.357. The lowest BCUT2D eigenvalue weighted by Gasteiger charge is -2.19. The largest absolute Gasteiger partial charge is 0.406 e. The molecule has 6 nitrogen and oxygen atoms in total. The van der Waals surface area contributed by atoms with Crippen LogP contribution in [0.15, 0.2) is 30.6 Å². The summed E-state index contributed by atoms with van der Waals surface area (Å²) in [6.45, 7) is 6.42. The lowest BCUT2D eigenvalue weighted by Crippen LogP contribution is -2.10. The van der Waals surface area contributed by atoms with Gasteiger partial charge in [0.05, 0.1) is 0 Å². The number of imidazole rings is 1. The second-order valence-electron chi connectivity index (χ2n) is 5.74. The summed E-state index contributed by atoms with van der Waals surface area (Å²) < 4.78 is 1.59. The Morgan fingerprint density at radius 3 is 2.35 bits per heavy atom. The van der Waals surface area contributed by atoms with Gasteiger partial charge in [-0.05, 0) is 33.0 Å². The third-order valence-corrected chi connectivity index (χ3v) is 3.10. The Morgan fingerprint density at radius 1 is 1.25 bits per heavy atom. The minimum atomic E-state index is -0.494. The highest BCUT2D eigenvalue weighted by Crippen LogP contribution is 2.27. The molecule has 0 amide bonds. The van der Waals surface area contributed by atoms with E-state index >= 15 is 0 Å². The van der Waals surface area contributed by atoms with Gasteiger partial charge in [0.15, 0.2) is 0 Å². The van der Waals surface area contributed by atoms with E-state index in [1.165, 1.54) is 11.9 Å². The third-order valence-electron chi connectivity index (χ3n) is 3.10. The van der Waals surface area contributed by atoms with Gasteiger partial charge in [-0.25, -0.2) is 0 Å². The molecule has 0 saturated carbocycles. The zero-order chi connectivity index (χ0) is 14.9. The van der Waals surface area contributed by atoms with Crippen molar-refractivity contribution in [2.45, 2.75) is 26.2 Å². The first kappa shape index (κ1) is 14.0. The molecule has 20 heavy (non-hydrogen) atoms. The third kappa shape index (κ3) is 2.79. The highest BCUT2D eigenvalue weighted by atomic mass is 16.6. The molecule has 0 unspecified atom stereocenters. The number of hydrogen-bond donors (Lipinski definition) is 1. The maximum Gasteiger partial charge on any atom is 0.406 e. The number of nitrogens with zero attached hydrogens (tertiary/aromatic N) is 3. The molecule has 0 aliphatic carbocycles. The summed E-state index contributed by atoms with van der Waals surface area (Å²) in [6.07, 6.45) is 1.42. The SMILES string of the molecule is Cn1cnc([N+](=O)[O-])c1Nc1ccc(C(C)(C)C)cc1. The number of nitro groups is 1. The maximum absolute atomic E-state index is 10.9. The average Bonchev–Trinajstić information content (AvgIpc) is 2.71. The van der Waals surface area contributed by atoms with Crippen LogP contribution in [0.5, 0.6) is 0 Å². The number of aryl methyl sites for hydroxylation is 1. The van der Waals surface area contributed by atoms with Crippen molar-refractivity contribution in [3.05, 3.63) is 46.3 Å². The van der Waals surface area contributed by atoms with Crippen molar-refractivity contribution in [2.24, 2.45) is 7.05 Å². The number of nitrogens with one attached hydrogen (secondary N) is 1. The van der Waals surface area contributed by atoms with Crippen molar-refractivity contribution in [3.63, 3.8) is 0 Å². The molecule has 2 rings (SSSR count). The first-order valence-corrected chi connectivity index (χ1v) is 6.32. The molecule has 0 saturated heterocycles. The first-order chi connectivity index (χ1) is 9.29. The van der Waals surface area contributed by atoms with Crippen LogP contribution in [0.4, 0.5) is 17.3 Å². The molecule has 1 aromatic heterocycles. The summed E-state index contributed by atoms with van der Waals surface area (Å²) in [6, 6.07) is 7.86. The number of aromatic nitrogens is 2. The van der Waals surface area contributed by atoms with Crippen molar-refractivity contribution in [1.82, 2.24) is 9.55 Å². The lowest BCUT2D eigenvalue weighted by molar-refractivity contribution is -0.388. The van der Waals surface area contributed by atoms with Crippen LogP contribution in [-0.4, -0.2) is 14.5 Å². The van der Waals surface area contributed by atoms with Crippen molar-refractivity contribution < 1.29 is 4.92 Å². The Morgan fingerprint density at radius 2 is 1.85 bits per heavy atom. The summed E-state index contributed by atoms with van der Waals surface area (Å²) >= 11 is 0. The average molecular weight is 274 g/mol. The van der Waals surface area contributed by atoms with Gasteiger partial charge in [-0.2, -0.15) is 0 Å². The smallest absolute Gasteiger partial charge is 0.358 e. The quantitative estimate of drug-likeness (QED) is 0.688. The fourth-order valence-electron chi connectivity index (χ4n) is 1.89. The summed E-state index contributed by atoms with van der Waals surface area (Å²) in [4.78, 5) is 14.2. The highest BCUT2D eigenvalue weighted by Gasteiger charge is 2.20. The molecule has 0 atom stereocenters. The number of rotatable bonds is 3. The lowest BCUT2D eigenvalue weighted by atomic mass is 9.87. The monoisotopic (exact) mass is 274 g/mol. The van der Waals surface area contributed by atoms with E-state index in [4.69, 9.17) is 0 Å². The molecule has 6 heteroatoms. The molecule has 0 radical (unpaired) electrons. The predicted molar refractivity (Wildman–Crippen MR) is 78.3 cm³/mol. The van der Waals surface area contributed by atoms with Gasteiger partial charge in [-0.1, -0.05) is 32.9 Å². The number of benzene rings is 1. The normalized spacial score (nSPS) is 11.4. The molecule has 2 aromatic rings. The molecule has 0 fully saturated rings. The zero-order valence-corrected chi connectivity index (χ0v) is 12.0.